The van der Waals surface area contributed by atoms with Gasteiger partial charge < -0.3 is 4.74 Å². The van der Waals surface area contributed by atoms with E-state index in [4.69, 9.17) is 10.00 Å². The van der Waals surface area contributed by atoms with Crippen LogP contribution in [0.15, 0.2) is 36.4 Å². The molecule has 2 rings (SSSR count). The molecule has 0 aliphatic rings. The number of halogens is 4. The Morgan fingerprint density at radius 2 is 1.95 bits per heavy atom. The van der Waals surface area contributed by atoms with Crippen LogP contribution in [0.25, 0.3) is 0 Å². The Balaban J connectivity index is 2.42. The fraction of sp³-hybridized carbons (Fsp3) is 0.0769. The molecule has 102 valence electrons. The average molecular weight is 390 g/mol. The van der Waals surface area contributed by atoms with E-state index < -0.39 is 11.9 Å². The van der Waals surface area contributed by atoms with Crippen LogP contribution < -0.4 is 4.74 Å². The summed E-state index contributed by atoms with van der Waals surface area (Å²) in [5.74, 6) is -0.0375. The van der Waals surface area contributed by atoms with Crippen LogP contribution in [-0.4, -0.2) is 4.98 Å². The second kappa shape index (κ2) is 5.66. The van der Waals surface area contributed by atoms with Gasteiger partial charge in [0.1, 0.15) is 23.1 Å². The van der Waals surface area contributed by atoms with Crippen molar-refractivity contribution < 1.29 is 17.9 Å². The van der Waals surface area contributed by atoms with Crippen molar-refractivity contribution in [2.75, 3.05) is 0 Å². The topological polar surface area (TPSA) is 45.9 Å². The summed E-state index contributed by atoms with van der Waals surface area (Å²) in [4.78, 5) is 3.37. The number of nitriles is 1. The molecule has 0 bridgehead atoms. The monoisotopic (exact) mass is 390 g/mol. The van der Waals surface area contributed by atoms with Gasteiger partial charge in [-0.15, -0.1) is 0 Å². The first kappa shape index (κ1) is 14.6. The lowest BCUT2D eigenvalue weighted by Crippen LogP contribution is -2.09. The van der Waals surface area contributed by atoms with Crippen molar-refractivity contribution in [3.63, 3.8) is 0 Å². The number of ether oxygens (including phenoxy) is 1. The maximum absolute atomic E-state index is 12.6. The molecular weight excluding hydrogens is 384 g/mol. The molecule has 0 amide bonds. The molecule has 0 aliphatic carbocycles. The second-order valence-electron chi connectivity index (χ2n) is 3.72. The Labute approximate surface area is 126 Å². The third kappa shape index (κ3) is 3.39. The van der Waals surface area contributed by atoms with Crippen LogP contribution >= 0.6 is 22.6 Å². The number of rotatable bonds is 2. The molecule has 1 aromatic carbocycles. The molecule has 0 saturated heterocycles. The fourth-order valence-electron chi connectivity index (χ4n) is 1.40. The number of nitrogens with zero attached hydrogens (tertiary/aromatic N) is 2. The normalized spacial score (nSPS) is 10.9. The van der Waals surface area contributed by atoms with Gasteiger partial charge in [-0.25, -0.2) is 4.98 Å². The van der Waals surface area contributed by atoms with Crippen LogP contribution in [0.2, 0.25) is 0 Å². The number of hydrogen-bond acceptors (Lipinski definition) is 3. The van der Waals surface area contributed by atoms with E-state index in [-0.39, 0.29) is 11.4 Å². The molecule has 7 heteroatoms. The number of alkyl halides is 3. The zero-order valence-electron chi connectivity index (χ0n) is 9.78. The number of pyridine rings is 1. The summed E-state index contributed by atoms with van der Waals surface area (Å²) in [6, 6.07) is 10.2. The summed E-state index contributed by atoms with van der Waals surface area (Å²) >= 11 is 2.04. The van der Waals surface area contributed by atoms with Crippen molar-refractivity contribution >= 4 is 22.6 Å². The maximum Gasteiger partial charge on any atom is 0.433 e. The highest BCUT2D eigenvalue weighted by atomic mass is 127. The van der Waals surface area contributed by atoms with Gasteiger partial charge in [-0.05, 0) is 52.9 Å². The van der Waals surface area contributed by atoms with Crippen molar-refractivity contribution in [1.82, 2.24) is 4.98 Å². The van der Waals surface area contributed by atoms with Crippen LogP contribution in [0.3, 0.4) is 0 Å². The minimum absolute atomic E-state index is 0.0585. The Morgan fingerprint density at radius 1 is 1.20 bits per heavy atom. The van der Waals surface area contributed by atoms with E-state index in [2.05, 4.69) is 4.98 Å². The predicted molar refractivity (Wildman–Crippen MR) is 73.2 cm³/mol. The van der Waals surface area contributed by atoms with Gasteiger partial charge in [0.15, 0.2) is 0 Å². The molecule has 20 heavy (non-hydrogen) atoms. The van der Waals surface area contributed by atoms with Crippen molar-refractivity contribution in [3.05, 3.63) is 51.2 Å². The molecule has 0 atom stereocenters. The summed E-state index contributed by atoms with van der Waals surface area (Å²) < 4.78 is 43.9. The van der Waals surface area contributed by atoms with Crippen molar-refractivity contribution in [1.29, 1.82) is 5.26 Å². The molecule has 1 heterocycles. The molecular formula is C13H6F3IN2O. The fourth-order valence-corrected chi connectivity index (χ4v) is 1.92. The minimum atomic E-state index is -4.59. The van der Waals surface area contributed by atoms with Crippen molar-refractivity contribution in [3.8, 4) is 17.7 Å². The van der Waals surface area contributed by atoms with Crippen LogP contribution in [0.5, 0.6) is 11.6 Å². The molecule has 3 nitrogen and oxygen atoms in total. The molecule has 1 aromatic heterocycles. The molecule has 0 aliphatic heterocycles. The van der Waals surface area contributed by atoms with Crippen molar-refractivity contribution in [2.45, 2.75) is 6.18 Å². The standard InChI is InChI=1S/C13H6F3IN2O/c14-13(15,16)11-5-4-8(7-18)12(19-11)20-10-3-1-2-9(17)6-10/h1-6H. The van der Waals surface area contributed by atoms with Crippen LogP contribution in [0.4, 0.5) is 13.2 Å². The molecule has 2 aromatic rings. The van der Waals surface area contributed by atoms with Gasteiger partial charge >= 0.3 is 6.18 Å². The van der Waals surface area contributed by atoms with Crippen LogP contribution in [0, 0.1) is 14.9 Å². The molecule has 0 radical (unpaired) electrons. The van der Waals surface area contributed by atoms with Gasteiger partial charge in [0.2, 0.25) is 5.88 Å². The van der Waals surface area contributed by atoms with Gasteiger partial charge in [-0.1, -0.05) is 6.07 Å². The summed E-state index contributed by atoms with van der Waals surface area (Å²) in [5, 5.41) is 8.89. The van der Waals surface area contributed by atoms with E-state index in [1.54, 1.807) is 30.3 Å². The molecule has 0 saturated carbocycles. The second-order valence-corrected chi connectivity index (χ2v) is 4.96. The zero-order chi connectivity index (χ0) is 14.8. The minimum Gasteiger partial charge on any atom is -0.438 e. The van der Waals surface area contributed by atoms with Gasteiger partial charge in [0, 0.05) is 3.57 Å². The summed E-state index contributed by atoms with van der Waals surface area (Å²) in [5.41, 5.74) is -1.16. The van der Waals surface area contributed by atoms with E-state index in [0.717, 1.165) is 15.7 Å². The quantitative estimate of drug-likeness (QED) is 0.716. The molecule has 0 spiro atoms. The number of benzene rings is 1. The van der Waals surface area contributed by atoms with E-state index in [0.29, 0.717) is 5.75 Å². The maximum atomic E-state index is 12.6. The smallest absolute Gasteiger partial charge is 0.433 e. The highest BCUT2D eigenvalue weighted by Gasteiger charge is 2.33. The Hall–Kier alpha value is -1.82. The molecule has 0 fully saturated rings. The van der Waals surface area contributed by atoms with Gasteiger partial charge in [0.05, 0.1) is 0 Å². The lowest BCUT2D eigenvalue weighted by atomic mass is 10.2. The van der Waals surface area contributed by atoms with Crippen LogP contribution in [0.1, 0.15) is 11.3 Å². The Bertz CT molecular complexity index is 680. The predicted octanol–water partition coefficient (Wildman–Crippen LogP) is 4.37. The van der Waals surface area contributed by atoms with E-state index >= 15 is 0 Å². The van der Waals surface area contributed by atoms with Crippen molar-refractivity contribution in [2.24, 2.45) is 0 Å². The highest BCUT2D eigenvalue weighted by molar-refractivity contribution is 14.1. The number of aromatic nitrogens is 1. The lowest BCUT2D eigenvalue weighted by molar-refractivity contribution is -0.141. The Morgan fingerprint density at radius 3 is 2.55 bits per heavy atom. The lowest BCUT2D eigenvalue weighted by Gasteiger charge is -2.10. The summed E-state index contributed by atoms with van der Waals surface area (Å²) in [6.45, 7) is 0. The SMILES string of the molecule is N#Cc1ccc(C(F)(F)F)nc1Oc1cccc(I)c1. The van der Waals surface area contributed by atoms with E-state index in [9.17, 15) is 13.2 Å². The summed E-state index contributed by atoms with van der Waals surface area (Å²) in [6.07, 6.45) is -4.59. The highest BCUT2D eigenvalue weighted by Crippen LogP contribution is 2.31. The zero-order valence-corrected chi connectivity index (χ0v) is 11.9. The molecule has 0 unspecified atom stereocenters. The molecule has 0 N–H and O–H groups in total. The largest absolute Gasteiger partial charge is 0.438 e. The van der Waals surface area contributed by atoms with E-state index in [1.165, 1.54) is 0 Å². The van der Waals surface area contributed by atoms with Gasteiger partial charge in [-0.3, -0.25) is 0 Å². The number of hydrogen-bond donors (Lipinski definition) is 0. The first-order valence-corrected chi connectivity index (χ1v) is 6.40. The van der Waals surface area contributed by atoms with Gasteiger partial charge in [-0.2, -0.15) is 18.4 Å². The third-order valence-corrected chi connectivity index (χ3v) is 2.95. The first-order chi connectivity index (χ1) is 9.40. The van der Waals surface area contributed by atoms with Gasteiger partial charge in [0.25, 0.3) is 0 Å². The van der Waals surface area contributed by atoms with E-state index in [1.807, 2.05) is 22.6 Å². The van der Waals surface area contributed by atoms with Crippen LogP contribution in [-0.2, 0) is 6.18 Å². The third-order valence-electron chi connectivity index (χ3n) is 2.28. The first-order valence-electron chi connectivity index (χ1n) is 5.32. The summed E-state index contributed by atoms with van der Waals surface area (Å²) in [7, 11) is 0. The average Bonchev–Trinajstić information content (AvgIpc) is 2.37. The Kier molecular flexibility index (Phi) is 4.13.